The Kier molecular flexibility index (Phi) is 5.03. The molecule has 2 heteroatoms. The summed E-state index contributed by atoms with van der Waals surface area (Å²) in [7, 11) is 0. The number of aryl methyl sites for hydroxylation is 1. The van der Waals surface area contributed by atoms with Crippen molar-refractivity contribution in [1.29, 1.82) is 0 Å². The van der Waals surface area contributed by atoms with Crippen molar-refractivity contribution in [3.05, 3.63) is 90.0 Å². The maximum absolute atomic E-state index is 2.54. The van der Waals surface area contributed by atoms with E-state index in [4.69, 9.17) is 0 Å². The number of nitrogens with zero attached hydrogens (tertiary/aromatic N) is 1. The normalized spacial score (nSPS) is 15.2. The van der Waals surface area contributed by atoms with Crippen LogP contribution in [0, 0.1) is 6.92 Å². The van der Waals surface area contributed by atoms with E-state index in [2.05, 4.69) is 90.7 Å². The molecule has 0 aliphatic carbocycles. The smallest absolute Gasteiger partial charge is 0.103 e. The maximum atomic E-state index is 2.54. The van der Waals surface area contributed by atoms with Gasteiger partial charge in [-0.1, -0.05) is 72.8 Å². The molecule has 3 aromatic rings. The van der Waals surface area contributed by atoms with Crippen molar-refractivity contribution in [1.82, 2.24) is 0 Å². The van der Waals surface area contributed by atoms with Gasteiger partial charge in [0.1, 0.15) is 6.54 Å². The van der Waals surface area contributed by atoms with Crippen molar-refractivity contribution in [3.63, 3.8) is 0 Å². The lowest BCUT2D eigenvalue weighted by molar-refractivity contribution is -0.914. The predicted octanol–water partition coefficient (Wildman–Crippen LogP) is 3.57. The number of piperazine rings is 1. The molecule has 1 fully saturated rings. The molecular weight excluding hydrogens is 316 g/mol. The first-order valence-corrected chi connectivity index (χ1v) is 9.58. The van der Waals surface area contributed by atoms with E-state index in [0.29, 0.717) is 0 Å². The molecule has 0 amide bonds. The highest BCUT2D eigenvalue weighted by atomic mass is 15.3. The molecule has 0 saturated carbocycles. The summed E-state index contributed by atoms with van der Waals surface area (Å²) in [6.07, 6.45) is 0. The Labute approximate surface area is 156 Å². The second-order valence-corrected chi connectivity index (χ2v) is 7.26. The van der Waals surface area contributed by atoms with E-state index in [9.17, 15) is 0 Å². The van der Waals surface area contributed by atoms with Gasteiger partial charge in [0.25, 0.3) is 0 Å². The van der Waals surface area contributed by atoms with E-state index >= 15 is 0 Å². The summed E-state index contributed by atoms with van der Waals surface area (Å²) < 4.78 is 0. The number of nitrogens with one attached hydrogen (secondary N) is 1. The van der Waals surface area contributed by atoms with E-state index in [1.165, 1.54) is 41.0 Å². The van der Waals surface area contributed by atoms with E-state index < -0.39 is 0 Å². The van der Waals surface area contributed by atoms with Crippen molar-refractivity contribution in [2.75, 3.05) is 31.1 Å². The molecule has 26 heavy (non-hydrogen) atoms. The zero-order valence-corrected chi connectivity index (χ0v) is 15.5. The summed E-state index contributed by atoms with van der Waals surface area (Å²) in [4.78, 5) is 4.22. The van der Waals surface area contributed by atoms with Crippen LogP contribution in [0.3, 0.4) is 0 Å². The van der Waals surface area contributed by atoms with Gasteiger partial charge in [0.2, 0.25) is 0 Å². The lowest BCUT2D eigenvalue weighted by atomic mass is 10.0. The number of hydrogen-bond acceptors (Lipinski definition) is 1. The summed E-state index contributed by atoms with van der Waals surface area (Å²) in [5.74, 6) is 0. The number of para-hydroxylation sites is 1. The third-order valence-corrected chi connectivity index (χ3v) is 5.44. The summed E-state index contributed by atoms with van der Waals surface area (Å²) in [6.45, 7) is 8.02. The zero-order valence-electron chi connectivity index (χ0n) is 15.5. The SMILES string of the molecule is Cc1ccccc1N1CC[NH+](Cc2ccc(-c3ccccc3)cc2)CC1. The van der Waals surface area contributed by atoms with Crippen LogP contribution in [0.5, 0.6) is 0 Å². The molecule has 0 aromatic heterocycles. The number of benzene rings is 3. The highest BCUT2D eigenvalue weighted by molar-refractivity contribution is 5.63. The fraction of sp³-hybridized carbons (Fsp3) is 0.250. The quantitative estimate of drug-likeness (QED) is 0.761. The Morgan fingerprint density at radius 1 is 0.731 bits per heavy atom. The van der Waals surface area contributed by atoms with Gasteiger partial charge < -0.3 is 9.80 Å². The fourth-order valence-corrected chi connectivity index (χ4v) is 3.89. The maximum Gasteiger partial charge on any atom is 0.103 e. The molecule has 0 atom stereocenters. The van der Waals surface area contributed by atoms with Crippen LogP contribution in [-0.4, -0.2) is 26.2 Å². The van der Waals surface area contributed by atoms with Gasteiger partial charge in [-0.05, 0) is 29.7 Å². The van der Waals surface area contributed by atoms with Gasteiger partial charge in [-0.2, -0.15) is 0 Å². The molecule has 0 bridgehead atoms. The first kappa shape index (κ1) is 16.9. The standard InChI is InChI=1S/C24H26N2/c1-20-7-5-6-10-24(20)26-17-15-25(16-18-26)19-21-11-13-23(14-12-21)22-8-3-2-4-9-22/h2-14H,15-19H2,1H3/p+1. The van der Waals surface area contributed by atoms with Gasteiger partial charge >= 0.3 is 0 Å². The van der Waals surface area contributed by atoms with Gasteiger partial charge in [0, 0.05) is 11.3 Å². The molecule has 1 heterocycles. The van der Waals surface area contributed by atoms with E-state index in [1.54, 1.807) is 4.90 Å². The van der Waals surface area contributed by atoms with Crippen LogP contribution in [0.1, 0.15) is 11.1 Å². The Morgan fingerprint density at radius 2 is 1.35 bits per heavy atom. The van der Waals surface area contributed by atoms with Crippen LogP contribution in [-0.2, 0) is 6.54 Å². The Morgan fingerprint density at radius 3 is 2.04 bits per heavy atom. The predicted molar refractivity (Wildman–Crippen MR) is 110 cm³/mol. The third-order valence-electron chi connectivity index (χ3n) is 5.44. The minimum atomic E-state index is 1.12. The molecule has 1 aliphatic rings. The molecule has 1 aliphatic heterocycles. The summed E-state index contributed by atoms with van der Waals surface area (Å²) in [6, 6.07) is 28.4. The van der Waals surface area contributed by atoms with E-state index in [-0.39, 0.29) is 0 Å². The molecule has 2 nitrogen and oxygen atoms in total. The summed E-state index contributed by atoms with van der Waals surface area (Å²) in [5.41, 5.74) is 6.81. The van der Waals surface area contributed by atoms with Crippen molar-refractivity contribution < 1.29 is 4.90 Å². The molecule has 132 valence electrons. The van der Waals surface area contributed by atoms with Crippen molar-refractivity contribution in [2.24, 2.45) is 0 Å². The molecular formula is C24H27N2+. The third kappa shape index (κ3) is 3.81. The molecule has 0 spiro atoms. The molecule has 4 rings (SSSR count). The van der Waals surface area contributed by atoms with Crippen LogP contribution in [0.2, 0.25) is 0 Å². The van der Waals surface area contributed by atoms with E-state index in [0.717, 1.165) is 19.6 Å². The molecule has 1 N–H and O–H groups in total. The lowest BCUT2D eigenvalue weighted by Gasteiger charge is -2.34. The van der Waals surface area contributed by atoms with Crippen LogP contribution < -0.4 is 9.80 Å². The minimum absolute atomic E-state index is 1.12. The Hall–Kier alpha value is -2.58. The van der Waals surface area contributed by atoms with Crippen LogP contribution >= 0.6 is 0 Å². The van der Waals surface area contributed by atoms with Crippen molar-refractivity contribution in [2.45, 2.75) is 13.5 Å². The van der Waals surface area contributed by atoms with E-state index in [1.807, 2.05) is 0 Å². The average molecular weight is 343 g/mol. The van der Waals surface area contributed by atoms with Gasteiger partial charge in [-0.25, -0.2) is 0 Å². The molecule has 0 unspecified atom stereocenters. The monoisotopic (exact) mass is 343 g/mol. The van der Waals surface area contributed by atoms with Crippen LogP contribution in [0.15, 0.2) is 78.9 Å². The van der Waals surface area contributed by atoms with Crippen molar-refractivity contribution in [3.8, 4) is 11.1 Å². The van der Waals surface area contributed by atoms with Crippen LogP contribution in [0.25, 0.3) is 11.1 Å². The molecule has 1 saturated heterocycles. The second kappa shape index (κ2) is 7.76. The summed E-state index contributed by atoms with van der Waals surface area (Å²) in [5, 5.41) is 0. The van der Waals surface area contributed by atoms with Gasteiger partial charge in [0.05, 0.1) is 26.2 Å². The fourth-order valence-electron chi connectivity index (χ4n) is 3.89. The van der Waals surface area contributed by atoms with Gasteiger partial charge in [0.15, 0.2) is 0 Å². The first-order valence-electron chi connectivity index (χ1n) is 9.58. The lowest BCUT2D eigenvalue weighted by Crippen LogP contribution is -3.13. The average Bonchev–Trinajstić information content (AvgIpc) is 2.70. The molecule has 0 radical (unpaired) electrons. The zero-order chi connectivity index (χ0) is 17.8. The van der Waals surface area contributed by atoms with Gasteiger partial charge in [-0.3, -0.25) is 0 Å². The number of anilines is 1. The number of rotatable bonds is 4. The number of quaternary nitrogens is 1. The van der Waals surface area contributed by atoms with Gasteiger partial charge in [-0.15, -0.1) is 0 Å². The topological polar surface area (TPSA) is 7.68 Å². The largest absolute Gasteiger partial charge is 0.360 e. The second-order valence-electron chi connectivity index (χ2n) is 7.26. The van der Waals surface area contributed by atoms with Crippen LogP contribution in [0.4, 0.5) is 5.69 Å². The molecule has 3 aromatic carbocycles. The summed E-state index contributed by atoms with van der Waals surface area (Å²) >= 11 is 0. The highest BCUT2D eigenvalue weighted by Gasteiger charge is 2.21. The first-order chi connectivity index (χ1) is 12.8. The Bertz CT molecular complexity index is 832. The number of hydrogen-bond donors (Lipinski definition) is 1. The highest BCUT2D eigenvalue weighted by Crippen LogP contribution is 2.20. The van der Waals surface area contributed by atoms with Crippen molar-refractivity contribution >= 4 is 5.69 Å². The Balaban J connectivity index is 1.35. The minimum Gasteiger partial charge on any atom is -0.360 e.